The Kier molecular flexibility index (Phi) is 5.67. The van der Waals surface area contributed by atoms with Gasteiger partial charge in [0.15, 0.2) is 0 Å². The Morgan fingerprint density at radius 2 is 2.12 bits per heavy atom. The van der Waals surface area contributed by atoms with Crippen LogP contribution in [0.2, 0.25) is 0 Å². The molecule has 2 aromatic rings. The van der Waals surface area contributed by atoms with Crippen molar-refractivity contribution < 1.29 is 9.90 Å². The molecule has 2 unspecified atom stereocenters. The Morgan fingerprint density at radius 3 is 2.80 bits per heavy atom. The SMILES string of the molecule is CC(C)c1nc(CCNC(=O)C2CC(c3ccc(O)cc3)NN2)cs1. The maximum atomic E-state index is 12.3. The number of hydrogen-bond donors (Lipinski definition) is 4. The van der Waals surface area contributed by atoms with Crippen molar-refractivity contribution in [1.29, 1.82) is 0 Å². The molecule has 4 N–H and O–H groups in total. The number of rotatable bonds is 6. The number of hydrazine groups is 1. The summed E-state index contributed by atoms with van der Waals surface area (Å²) in [6.07, 6.45) is 1.42. The van der Waals surface area contributed by atoms with Gasteiger partial charge in [0.2, 0.25) is 5.91 Å². The summed E-state index contributed by atoms with van der Waals surface area (Å²) in [4.78, 5) is 16.9. The van der Waals surface area contributed by atoms with Crippen LogP contribution in [0.1, 0.15) is 48.5 Å². The van der Waals surface area contributed by atoms with Gasteiger partial charge in [0.05, 0.1) is 10.7 Å². The lowest BCUT2D eigenvalue weighted by Crippen LogP contribution is -2.43. The van der Waals surface area contributed by atoms with E-state index in [1.54, 1.807) is 23.5 Å². The van der Waals surface area contributed by atoms with E-state index in [-0.39, 0.29) is 23.7 Å². The smallest absolute Gasteiger partial charge is 0.238 e. The number of carbonyl (C=O) groups is 1. The third-order valence-corrected chi connectivity index (χ3v) is 5.45. The number of nitrogens with one attached hydrogen (secondary N) is 3. The molecule has 1 aromatic heterocycles. The van der Waals surface area contributed by atoms with E-state index in [4.69, 9.17) is 0 Å². The zero-order valence-electron chi connectivity index (χ0n) is 14.5. The zero-order valence-corrected chi connectivity index (χ0v) is 15.3. The van der Waals surface area contributed by atoms with E-state index in [0.717, 1.165) is 22.7 Å². The first-order valence-electron chi connectivity index (χ1n) is 8.55. The number of benzene rings is 1. The summed E-state index contributed by atoms with van der Waals surface area (Å²) in [5.74, 6) is 0.679. The van der Waals surface area contributed by atoms with Crippen LogP contribution in [0.3, 0.4) is 0 Å². The lowest BCUT2D eigenvalue weighted by atomic mass is 10.0. The van der Waals surface area contributed by atoms with Crippen LogP contribution in [0.25, 0.3) is 0 Å². The molecule has 0 aliphatic carbocycles. The minimum atomic E-state index is -0.263. The summed E-state index contributed by atoms with van der Waals surface area (Å²) in [5.41, 5.74) is 8.27. The molecule has 2 heterocycles. The third kappa shape index (κ3) is 4.56. The summed E-state index contributed by atoms with van der Waals surface area (Å²) in [5, 5.41) is 15.5. The summed E-state index contributed by atoms with van der Waals surface area (Å²) >= 11 is 1.68. The quantitative estimate of drug-likeness (QED) is 0.635. The summed E-state index contributed by atoms with van der Waals surface area (Å²) in [7, 11) is 0. The Bertz CT molecular complexity index is 714. The minimum absolute atomic E-state index is 0.00640. The number of thiazole rings is 1. The Labute approximate surface area is 151 Å². The molecule has 1 aliphatic rings. The largest absolute Gasteiger partial charge is 0.508 e. The van der Waals surface area contributed by atoms with Gasteiger partial charge in [0, 0.05) is 30.3 Å². The van der Waals surface area contributed by atoms with E-state index in [2.05, 4.69) is 40.4 Å². The van der Waals surface area contributed by atoms with E-state index < -0.39 is 0 Å². The van der Waals surface area contributed by atoms with Gasteiger partial charge in [-0.25, -0.2) is 15.8 Å². The van der Waals surface area contributed by atoms with Crippen LogP contribution in [0.15, 0.2) is 29.6 Å². The van der Waals surface area contributed by atoms with Gasteiger partial charge in [-0.2, -0.15) is 0 Å². The highest BCUT2D eigenvalue weighted by Gasteiger charge is 2.29. The van der Waals surface area contributed by atoms with Crippen molar-refractivity contribution in [3.05, 3.63) is 45.9 Å². The number of aromatic hydroxyl groups is 1. The average molecular weight is 360 g/mol. The molecule has 3 rings (SSSR count). The van der Waals surface area contributed by atoms with Gasteiger partial charge in [0.1, 0.15) is 11.8 Å². The number of phenolic OH excluding ortho intramolecular Hbond substituents is 1. The molecule has 25 heavy (non-hydrogen) atoms. The Balaban J connectivity index is 1.45. The highest BCUT2D eigenvalue weighted by Crippen LogP contribution is 2.24. The summed E-state index contributed by atoms with van der Waals surface area (Å²) in [6, 6.07) is 6.84. The van der Waals surface area contributed by atoms with Gasteiger partial charge in [-0.15, -0.1) is 11.3 Å². The van der Waals surface area contributed by atoms with Crippen LogP contribution in [-0.2, 0) is 11.2 Å². The van der Waals surface area contributed by atoms with Crippen molar-refractivity contribution in [2.24, 2.45) is 0 Å². The number of nitrogens with zero attached hydrogens (tertiary/aromatic N) is 1. The van der Waals surface area contributed by atoms with E-state index >= 15 is 0 Å². The van der Waals surface area contributed by atoms with E-state index in [1.807, 2.05) is 12.1 Å². The van der Waals surface area contributed by atoms with Gasteiger partial charge in [0.25, 0.3) is 0 Å². The summed E-state index contributed by atoms with van der Waals surface area (Å²) in [6.45, 7) is 4.85. The van der Waals surface area contributed by atoms with Gasteiger partial charge < -0.3 is 10.4 Å². The molecule has 0 bridgehead atoms. The fraction of sp³-hybridized carbons (Fsp3) is 0.444. The molecule has 2 atom stereocenters. The Morgan fingerprint density at radius 1 is 1.36 bits per heavy atom. The highest BCUT2D eigenvalue weighted by molar-refractivity contribution is 7.09. The van der Waals surface area contributed by atoms with Gasteiger partial charge >= 0.3 is 0 Å². The maximum Gasteiger partial charge on any atom is 0.238 e. The second-order valence-corrected chi connectivity index (χ2v) is 7.48. The van der Waals surface area contributed by atoms with E-state index in [1.165, 1.54) is 0 Å². The fourth-order valence-electron chi connectivity index (χ4n) is 2.79. The molecule has 1 saturated heterocycles. The average Bonchev–Trinajstić information content (AvgIpc) is 3.25. The van der Waals surface area contributed by atoms with Gasteiger partial charge in [-0.1, -0.05) is 26.0 Å². The maximum absolute atomic E-state index is 12.3. The lowest BCUT2D eigenvalue weighted by Gasteiger charge is -2.10. The first kappa shape index (κ1) is 17.8. The van der Waals surface area contributed by atoms with E-state index in [9.17, 15) is 9.90 Å². The van der Waals surface area contributed by atoms with Crippen LogP contribution in [0.5, 0.6) is 5.75 Å². The molecular formula is C18H24N4O2S. The molecular weight excluding hydrogens is 336 g/mol. The number of hydrogen-bond acceptors (Lipinski definition) is 6. The minimum Gasteiger partial charge on any atom is -0.508 e. The second-order valence-electron chi connectivity index (χ2n) is 6.59. The summed E-state index contributed by atoms with van der Waals surface area (Å²) < 4.78 is 0. The van der Waals surface area contributed by atoms with Gasteiger partial charge in [-0.05, 0) is 24.1 Å². The monoisotopic (exact) mass is 360 g/mol. The topological polar surface area (TPSA) is 86.3 Å². The molecule has 1 aromatic carbocycles. The van der Waals surface area contributed by atoms with Crippen molar-refractivity contribution in [1.82, 2.24) is 21.2 Å². The molecule has 134 valence electrons. The normalized spacial score (nSPS) is 20.1. The molecule has 1 fully saturated rings. The molecule has 6 nitrogen and oxygen atoms in total. The molecule has 0 radical (unpaired) electrons. The standard InChI is InChI=1S/C18H24N4O2S/c1-11(2)18-20-13(10-25-18)7-8-19-17(24)16-9-15(21-22-16)12-3-5-14(23)6-4-12/h3-6,10-11,15-16,21-23H,7-9H2,1-2H3,(H,19,24). The van der Waals surface area contributed by atoms with Crippen LogP contribution in [0, 0.1) is 0 Å². The van der Waals surface area contributed by atoms with E-state index in [0.29, 0.717) is 18.9 Å². The van der Waals surface area contributed by atoms with Crippen LogP contribution >= 0.6 is 11.3 Å². The molecule has 7 heteroatoms. The predicted molar refractivity (Wildman–Crippen MR) is 98.4 cm³/mol. The first-order valence-corrected chi connectivity index (χ1v) is 9.43. The van der Waals surface area contributed by atoms with Crippen LogP contribution < -0.4 is 16.2 Å². The van der Waals surface area contributed by atoms with Crippen molar-refractivity contribution >= 4 is 17.2 Å². The van der Waals surface area contributed by atoms with Crippen molar-refractivity contribution in [3.8, 4) is 5.75 Å². The van der Waals surface area contributed by atoms with Crippen LogP contribution in [-0.4, -0.2) is 28.6 Å². The molecule has 0 saturated carbocycles. The number of amides is 1. The fourth-order valence-corrected chi connectivity index (χ4v) is 3.66. The lowest BCUT2D eigenvalue weighted by molar-refractivity contribution is -0.122. The number of carbonyl (C=O) groups excluding carboxylic acids is 1. The first-order chi connectivity index (χ1) is 12.0. The molecule has 1 aliphatic heterocycles. The zero-order chi connectivity index (χ0) is 17.8. The second kappa shape index (κ2) is 7.95. The number of aromatic nitrogens is 1. The Hall–Kier alpha value is -1.96. The highest BCUT2D eigenvalue weighted by atomic mass is 32.1. The van der Waals surface area contributed by atoms with Crippen molar-refractivity contribution in [2.75, 3.05) is 6.54 Å². The van der Waals surface area contributed by atoms with Crippen LogP contribution in [0.4, 0.5) is 0 Å². The number of phenols is 1. The third-order valence-electron chi connectivity index (χ3n) is 4.26. The van der Waals surface area contributed by atoms with Crippen molar-refractivity contribution in [2.45, 2.75) is 44.7 Å². The van der Waals surface area contributed by atoms with Crippen molar-refractivity contribution in [3.63, 3.8) is 0 Å². The molecule has 0 spiro atoms. The predicted octanol–water partition coefficient (Wildman–Crippen LogP) is 2.24. The van der Waals surface area contributed by atoms with Gasteiger partial charge in [-0.3, -0.25) is 4.79 Å². The molecule has 1 amide bonds.